The number of benzene rings is 2. The third-order valence-electron chi connectivity index (χ3n) is 4.16. The fourth-order valence-electron chi connectivity index (χ4n) is 2.87. The van der Waals surface area contributed by atoms with Crippen molar-refractivity contribution in [2.24, 2.45) is 0 Å². The minimum atomic E-state index is -0.917. The minimum absolute atomic E-state index is 0.237. The number of carbonyl (C=O) groups is 4. The largest absolute Gasteiger partial charge is 0.442 e. The number of rotatable bonds is 6. The van der Waals surface area contributed by atoms with Crippen LogP contribution in [0, 0.1) is 0 Å². The van der Waals surface area contributed by atoms with Crippen LogP contribution in [-0.4, -0.2) is 41.4 Å². The first-order chi connectivity index (χ1) is 13.0. The molecule has 1 aliphatic rings. The lowest BCUT2D eigenvalue weighted by Gasteiger charge is -2.19. The molecule has 7 heteroatoms. The van der Waals surface area contributed by atoms with E-state index >= 15 is 0 Å². The van der Waals surface area contributed by atoms with Crippen molar-refractivity contribution in [2.75, 3.05) is 6.73 Å². The topological polar surface area (TPSA) is 92.8 Å². The normalized spacial score (nSPS) is 13.9. The van der Waals surface area contributed by atoms with Crippen LogP contribution >= 0.6 is 0 Å². The summed E-state index contributed by atoms with van der Waals surface area (Å²) in [6.07, 6.45) is 0.237. The molecule has 138 valence electrons. The number of esters is 1. The van der Waals surface area contributed by atoms with Gasteiger partial charge in [0.1, 0.15) is 6.04 Å². The number of ether oxygens (including phenoxy) is 1. The van der Waals surface area contributed by atoms with Crippen molar-refractivity contribution < 1.29 is 23.9 Å². The van der Waals surface area contributed by atoms with Crippen molar-refractivity contribution in [1.29, 1.82) is 0 Å². The zero-order valence-corrected chi connectivity index (χ0v) is 14.7. The third-order valence-corrected chi connectivity index (χ3v) is 4.16. The average molecular weight is 366 g/mol. The monoisotopic (exact) mass is 366 g/mol. The minimum Gasteiger partial charge on any atom is -0.442 e. The Morgan fingerprint density at radius 3 is 2.07 bits per heavy atom. The van der Waals surface area contributed by atoms with Crippen LogP contribution in [0.3, 0.4) is 0 Å². The fourth-order valence-corrected chi connectivity index (χ4v) is 2.87. The number of amides is 3. The van der Waals surface area contributed by atoms with Crippen LogP contribution < -0.4 is 5.32 Å². The Labute approximate surface area is 155 Å². The molecule has 0 fully saturated rings. The van der Waals surface area contributed by atoms with Gasteiger partial charge in [-0.25, -0.2) is 9.69 Å². The first-order valence-corrected chi connectivity index (χ1v) is 8.40. The van der Waals surface area contributed by atoms with Crippen LogP contribution in [-0.2, 0) is 20.7 Å². The van der Waals surface area contributed by atoms with Crippen LogP contribution in [0.1, 0.15) is 33.2 Å². The molecule has 0 bridgehead atoms. The molecule has 0 spiro atoms. The maximum atomic E-state index is 12.4. The van der Waals surface area contributed by atoms with Gasteiger partial charge in [0, 0.05) is 13.3 Å². The highest BCUT2D eigenvalue weighted by Crippen LogP contribution is 2.22. The third kappa shape index (κ3) is 4.03. The van der Waals surface area contributed by atoms with Gasteiger partial charge in [0.2, 0.25) is 5.91 Å². The predicted molar refractivity (Wildman–Crippen MR) is 95.7 cm³/mol. The molecule has 0 aliphatic carbocycles. The Balaban J connectivity index is 1.67. The Morgan fingerprint density at radius 2 is 1.52 bits per heavy atom. The summed E-state index contributed by atoms with van der Waals surface area (Å²) >= 11 is 0. The van der Waals surface area contributed by atoms with Gasteiger partial charge in [0.15, 0.2) is 6.73 Å². The maximum absolute atomic E-state index is 12.4. The molecule has 0 saturated carbocycles. The van der Waals surface area contributed by atoms with E-state index in [0.29, 0.717) is 0 Å². The summed E-state index contributed by atoms with van der Waals surface area (Å²) in [6.45, 7) is 0.797. The highest BCUT2D eigenvalue weighted by Gasteiger charge is 2.36. The number of nitrogens with one attached hydrogen (secondary N) is 1. The van der Waals surface area contributed by atoms with Crippen LogP contribution in [0.15, 0.2) is 54.6 Å². The van der Waals surface area contributed by atoms with E-state index in [-0.39, 0.29) is 23.5 Å². The quantitative estimate of drug-likeness (QED) is 0.618. The van der Waals surface area contributed by atoms with E-state index in [1.807, 2.05) is 30.3 Å². The van der Waals surface area contributed by atoms with Crippen LogP contribution in [0.5, 0.6) is 0 Å². The van der Waals surface area contributed by atoms with Crippen molar-refractivity contribution in [3.05, 3.63) is 71.3 Å². The summed E-state index contributed by atoms with van der Waals surface area (Å²) in [5.41, 5.74) is 1.40. The van der Waals surface area contributed by atoms with Gasteiger partial charge in [0.05, 0.1) is 11.1 Å². The summed E-state index contributed by atoms with van der Waals surface area (Å²) in [7, 11) is 0. The molecular formula is C20H18N2O5. The van der Waals surface area contributed by atoms with Crippen molar-refractivity contribution >= 4 is 23.7 Å². The van der Waals surface area contributed by atoms with Gasteiger partial charge < -0.3 is 10.1 Å². The molecule has 0 radical (unpaired) electrons. The highest BCUT2D eigenvalue weighted by atomic mass is 16.5. The van der Waals surface area contributed by atoms with Gasteiger partial charge >= 0.3 is 5.97 Å². The highest BCUT2D eigenvalue weighted by molar-refractivity contribution is 6.21. The van der Waals surface area contributed by atoms with E-state index in [1.54, 1.807) is 24.3 Å². The molecule has 7 nitrogen and oxygen atoms in total. The van der Waals surface area contributed by atoms with Crippen molar-refractivity contribution in [3.63, 3.8) is 0 Å². The number of fused-ring (bicyclic) bond motifs is 1. The molecule has 0 aromatic heterocycles. The lowest BCUT2D eigenvalue weighted by Crippen LogP contribution is -2.44. The maximum Gasteiger partial charge on any atom is 0.330 e. The summed E-state index contributed by atoms with van der Waals surface area (Å²) in [5.74, 6) is -2.12. The molecule has 2 aromatic carbocycles. The van der Waals surface area contributed by atoms with Gasteiger partial charge in [-0.05, 0) is 17.7 Å². The molecule has 1 heterocycles. The zero-order chi connectivity index (χ0) is 19.4. The first kappa shape index (κ1) is 18.3. The van der Waals surface area contributed by atoms with Crippen molar-refractivity contribution in [3.8, 4) is 0 Å². The van der Waals surface area contributed by atoms with E-state index in [2.05, 4.69) is 5.32 Å². The first-order valence-electron chi connectivity index (χ1n) is 8.40. The Hall–Kier alpha value is -3.48. The van der Waals surface area contributed by atoms with Crippen molar-refractivity contribution in [2.45, 2.75) is 19.4 Å². The lowest BCUT2D eigenvalue weighted by atomic mass is 10.1. The predicted octanol–water partition coefficient (Wildman–Crippen LogP) is 1.53. The number of nitrogens with zero attached hydrogens (tertiary/aromatic N) is 1. The number of hydrogen-bond acceptors (Lipinski definition) is 5. The molecule has 0 unspecified atom stereocenters. The smallest absolute Gasteiger partial charge is 0.330 e. The van der Waals surface area contributed by atoms with Crippen LogP contribution in [0.25, 0.3) is 0 Å². The molecule has 1 aliphatic heterocycles. The molecule has 3 rings (SSSR count). The molecule has 1 N–H and O–H groups in total. The van der Waals surface area contributed by atoms with E-state index in [4.69, 9.17) is 4.74 Å². The summed E-state index contributed by atoms with van der Waals surface area (Å²) < 4.78 is 5.16. The molecule has 2 aromatic rings. The summed E-state index contributed by atoms with van der Waals surface area (Å²) in [5, 5.41) is 2.54. The SMILES string of the molecule is CC(=O)N[C@@H](Cc1ccccc1)C(=O)OCN1C(=O)c2ccccc2C1=O. The second-order valence-corrected chi connectivity index (χ2v) is 6.12. The van der Waals surface area contributed by atoms with Crippen LogP contribution in [0.2, 0.25) is 0 Å². The van der Waals surface area contributed by atoms with Gasteiger partial charge in [0.25, 0.3) is 11.8 Å². The zero-order valence-electron chi connectivity index (χ0n) is 14.7. The molecule has 3 amide bonds. The Kier molecular flexibility index (Phi) is 5.30. The molecule has 27 heavy (non-hydrogen) atoms. The van der Waals surface area contributed by atoms with Gasteiger partial charge in [-0.2, -0.15) is 0 Å². The summed E-state index contributed by atoms with van der Waals surface area (Å²) in [4.78, 5) is 49.3. The molecular weight excluding hydrogens is 348 g/mol. The van der Waals surface area contributed by atoms with E-state index < -0.39 is 30.6 Å². The van der Waals surface area contributed by atoms with Gasteiger partial charge in [-0.3, -0.25) is 14.4 Å². The molecule has 1 atom stereocenters. The fraction of sp³-hybridized carbons (Fsp3) is 0.200. The Bertz CT molecular complexity index is 859. The standard InChI is InChI=1S/C20H18N2O5/c1-13(23)21-17(11-14-7-3-2-4-8-14)20(26)27-12-22-18(24)15-9-5-6-10-16(15)19(22)25/h2-10,17H,11-12H2,1H3,(H,21,23)/t17-/m0/s1. The van der Waals surface area contributed by atoms with Gasteiger partial charge in [-0.1, -0.05) is 42.5 Å². The van der Waals surface area contributed by atoms with E-state index in [0.717, 1.165) is 10.5 Å². The number of hydrogen-bond donors (Lipinski definition) is 1. The van der Waals surface area contributed by atoms with Crippen molar-refractivity contribution in [1.82, 2.24) is 10.2 Å². The number of carbonyl (C=O) groups excluding carboxylic acids is 4. The average Bonchev–Trinajstić information content (AvgIpc) is 2.90. The second-order valence-electron chi connectivity index (χ2n) is 6.12. The second kappa shape index (κ2) is 7.82. The molecule has 0 saturated heterocycles. The van der Waals surface area contributed by atoms with Gasteiger partial charge in [-0.15, -0.1) is 0 Å². The van der Waals surface area contributed by atoms with E-state index in [1.165, 1.54) is 6.92 Å². The number of imide groups is 1. The Morgan fingerprint density at radius 1 is 0.963 bits per heavy atom. The van der Waals surface area contributed by atoms with E-state index in [9.17, 15) is 19.2 Å². The summed E-state index contributed by atoms with van der Waals surface area (Å²) in [6, 6.07) is 14.6. The lowest BCUT2D eigenvalue weighted by molar-refractivity contribution is -0.150. The van der Waals surface area contributed by atoms with Crippen LogP contribution in [0.4, 0.5) is 0 Å².